The van der Waals surface area contributed by atoms with Crippen molar-refractivity contribution in [2.75, 3.05) is 13.1 Å². The van der Waals surface area contributed by atoms with Gasteiger partial charge in [0.15, 0.2) is 0 Å². The largest absolute Gasteiger partial charge is 0.392 e. The highest BCUT2D eigenvalue weighted by Gasteiger charge is 2.46. The van der Waals surface area contributed by atoms with Crippen molar-refractivity contribution in [1.82, 2.24) is 4.90 Å². The summed E-state index contributed by atoms with van der Waals surface area (Å²) in [6.07, 6.45) is 4.97. The van der Waals surface area contributed by atoms with Crippen LogP contribution in [-0.2, 0) is 4.79 Å². The van der Waals surface area contributed by atoms with Gasteiger partial charge in [0.2, 0.25) is 5.91 Å². The lowest BCUT2D eigenvalue weighted by Gasteiger charge is -2.31. The lowest BCUT2D eigenvalue weighted by Crippen LogP contribution is -2.48. The molecule has 1 atom stereocenters. The number of likely N-dealkylation sites (tertiary alicyclic amines) is 1. The van der Waals surface area contributed by atoms with E-state index in [1.54, 1.807) is 0 Å². The second kappa shape index (κ2) is 4.32. The minimum atomic E-state index is -0.501. The zero-order valence-electron chi connectivity index (χ0n) is 9.87. The van der Waals surface area contributed by atoms with E-state index in [1.807, 2.05) is 4.90 Å². The minimum absolute atomic E-state index is 0.196. The van der Waals surface area contributed by atoms with Crippen LogP contribution in [0.5, 0.6) is 0 Å². The Balaban J connectivity index is 2.15. The molecular formula is C12H20N2OS. The van der Waals surface area contributed by atoms with Crippen LogP contribution in [-0.4, -0.2) is 28.9 Å². The molecule has 0 bridgehead atoms. The van der Waals surface area contributed by atoms with Gasteiger partial charge in [0.05, 0.1) is 10.4 Å². The zero-order valence-corrected chi connectivity index (χ0v) is 10.7. The van der Waals surface area contributed by atoms with Crippen LogP contribution in [0.25, 0.3) is 0 Å². The van der Waals surface area contributed by atoms with Gasteiger partial charge in [0, 0.05) is 13.1 Å². The van der Waals surface area contributed by atoms with Crippen LogP contribution in [0.15, 0.2) is 0 Å². The summed E-state index contributed by atoms with van der Waals surface area (Å²) in [5.41, 5.74) is 5.32. The molecule has 16 heavy (non-hydrogen) atoms. The van der Waals surface area contributed by atoms with Crippen molar-refractivity contribution in [2.24, 2.45) is 17.1 Å². The molecule has 1 saturated carbocycles. The third-order valence-corrected chi connectivity index (χ3v) is 4.44. The third-order valence-electron chi connectivity index (χ3n) is 4.05. The highest BCUT2D eigenvalue weighted by atomic mass is 32.1. The summed E-state index contributed by atoms with van der Waals surface area (Å²) in [7, 11) is 0. The average molecular weight is 240 g/mol. The second-order valence-electron chi connectivity index (χ2n) is 5.30. The van der Waals surface area contributed by atoms with Crippen molar-refractivity contribution >= 4 is 23.1 Å². The van der Waals surface area contributed by atoms with E-state index in [9.17, 15) is 4.79 Å². The standard InChI is InChI=1S/C12H20N2OS/c1-9-4-7-14(8-9)11(15)12(10(13)16)5-2-3-6-12/h9H,2-8H2,1H3,(H2,13,16). The SMILES string of the molecule is CC1CCN(C(=O)C2(C(N)=S)CCCC2)C1. The van der Waals surface area contributed by atoms with Gasteiger partial charge < -0.3 is 10.6 Å². The van der Waals surface area contributed by atoms with E-state index in [2.05, 4.69) is 6.92 Å². The van der Waals surface area contributed by atoms with Crippen molar-refractivity contribution in [3.05, 3.63) is 0 Å². The third kappa shape index (κ3) is 1.83. The first-order chi connectivity index (χ1) is 7.56. The first-order valence-corrected chi connectivity index (χ1v) is 6.56. The molecule has 0 aromatic carbocycles. The lowest BCUT2D eigenvalue weighted by atomic mass is 9.84. The molecule has 1 aliphatic heterocycles. The smallest absolute Gasteiger partial charge is 0.235 e. The number of hydrogen-bond donors (Lipinski definition) is 1. The average Bonchev–Trinajstić information content (AvgIpc) is 2.85. The molecule has 1 amide bonds. The molecule has 0 aromatic heterocycles. The monoisotopic (exact) mass is 240 g/mol. The van der Waals surface area contributed by atoms with Crippen LogP contribution in [0, 0.1) is 11.3 Å². The highest BCUT2D eigenvalue weighted by molar-refractivity contribution is 7.80. The van der Waals surface area contributed by atoms with Crippen LogP contribution in [0.3, 0.4) is 0 Å². The molecule has 1 heterocycles. The fourth-order valence-corrected chi connectivity index (χ4v) is 3.26. The van der Waals surface area contributed by atoms with Crippen molar-refractivity contribution in [3.63, 3.8) is 0 Å². The number of nitrogens with zero attached hydrogens (tertiary/aromatic N) is 1. The van der Waals surface area contributed by atoms with Crippen molar-refractivity contribution in [2.45, 2.75) is 39.0 Å². The molecule has 2 aliphatic rings. The number of amides is 1. The molecule has 1 unspecified atom stereocenters. The Bertz CT molecular complexity index is 310. The maximum absolute atomic E-state index is 12.5. The van der Waals surface area contributed by atoms with Crippen LogP contribution in [0.4, 0.5) is 0 Å². The van der Waals surface area contributed by atoms with Crippen LogP contribution < -0.4 is 5.73 Å². The topological polar surface area (TPSA) is 46.3 Å². The van der Waals surface area contributed by atoms with E-state index in [0.717, 1.165) is 45.2 Å². The lowest BCUT2D eigenvalue weighted by molar-refractivity contribution is -0.137. The summed E-state index contributed by atoms with van der Waals surface area (Å²) < 4.78 is 0. The fourth-order valence-electron chi connectivity index (χ4n) is 2.97. The maximum atomic E-state index is 12.5. The molecule has 0 aromatic rings. The molecule has 90 valence electrons. The molecule has 2 N–H and O–H groups in total. The van der Waals surface area contributed by atoms with E-state index in [1.165, 1.54) is 0 Å². The van der Waals surface area contributed by atoms with Crippen LogP contribution in [0.1, 0.15) is 39.0 Å². The van der Waals surface area contributed by atoms with Crippen molar-refractivity contribution < 1.29 is 4.79 Å². The van der Waals surface area contributed by atoms with Gasteiger partial charge >= 0.3 is 0 Å². The van der Waals surface area contributed by atoms with Crippen LogP contribution in [0.2, 0.25) is 0 Å². The summed E-state index contributed by atoms with van der Waals surface area (Å²) in [6.45, 7) is 3.95. The molecule has 4 heteroatoms. The number of hydrogen-bond acceptors (Lipinski definition) is 2. The Kier molecular flexibility index (Phi) is 3.19. The number of rotatable bonds is 2. The molecule has 0 radical (unpaired) electrons. The van der Waals surface area contributed by atoms with Crippen LogP contribution >= 0.6 is 12.2 Å². The highest BCUT2D eigenvalue weighted by Crippen LogP contribution is 2.41. The predicted octanol–water partition coefficient (Wildman–Crippen LogP) is 1.70. The first kappa shape index (κ1) is 11.8. The van der Waals surface area contributed by atoms with E-state index >= 15 is 0 Å². The Morgan fingerprint density at radius 1 is 1.44 bits per heavy atom. The Hall–Kier alpha value is -0.640. The number of carbonyl (C=O) groups is 1. The van der Waals surface area contributed by atoms with E-state index < -0.39 is 5.41 Å². The second-order valence-corrected chi connectivity index (χ2v) is 5.74. The minimum Gasteiger partial charge on any atom is -0.392 e. The van der Waals surface area contributed by atoms with Crippen molar-refractivity contribution in [3.8, 4) is 0 Å². The van der Waals surface area contributed by atoms with Gasteiger partial charge in [-0.2, -0.15) is 0 Å². The Morgan fingerprint density at radius 3 is 2.50 bits per heavy atom. The molecule has 2 rings (SSSR count). The summed E-state index contributed by atoms with van der Waals surface area (Å²) >= 11 is 5.14. The van der Waals surface area contributed by atoms with E-state index in [-0.39, 0.29) is 5.91 Å². The number of thiocarbonyl (C=S) groups is 1. The normalized spacial score (nSPS) is 28.3. The zero-order chi connectivity index (χ0) is 11.8. The molecule has 1 aliphatic carbocycles. The van der Waals surface area contributed by atoms with Gasteiger partial charge in [-0.1, -0.05) is 32.0 Å². The number of nitrogens with two attached hydrogens (primary N) is 1. The Morgan fingerprint density at radius 2 is 2.06 bits per heavy atom. The molecular weight excluding hydrogens is 220 g/mol. The Labute approximate surface area is 102 Å². The molecule has 1 saturated heterocycles. The maximum Gasteiger partial charge on any atom is 0.235 e. The molecule has 0 spiro atoms. The van der Waals surface area contributed by atoms with E-state index in [0.29, 0.717) is 10.9 Å². The summed E-state index contributed by atoms with van der Waals surface area (Å²) in [4.78, 5) is 14.9. The summed E-state index contributed by atoms with van der Waals surface area (Å²) in [5, 5.41) is 0. The van der Waals surface area contributed by atoms with Gasteiger partial charge in [-0.25, -0.2) is 0 Å². The van der Waals surface area contributed by atoms with Gasteiger partial charge in [-0.3, -0.25) is 4.79 Å². The number of carbonyl (C=O) groups excluding carboxylic acids is 1. The van der Waals surface area contributed by atoms with Gasteiger partial charge in [-0.05, 0) is 25.2 Å². The van der Waals surface area contributed by atoms with Gasteiger partial charge in [0.1, 0.15) is 0 Å². The summed E-state index contributed by atoms with van der Waals surface area (Å²) in [5.74, 6) is 0.815. The van der Waals surface area contributed by atoms with Gasteiger partial charge in [0.25, 0.3) is 0 Å². The van der Waals surface area contributed by atoms with Gasteiger partial charge in [-0.15, -0.1) is 0 Å². The molecule has 3 nitrogen and oxygen atoms in total. The van der Waals surface area contributed by atoms with Crippen molar-refractivity contribution in [1.29, 1.82) is 0 Å². The fraction of sp³-hybridized carbons (Fsp3) is 0.833. The quantitative estimate of drug-likeness (QED) is 0.747. The van der Waals surface area contributed by atoms with E-state index in [4.69, 9.17) is 18.0 Å². The first-order valence-electron chi connectivity index (χ1n) is 6.15. The molecule has 2 fully saturated rings. The summed E-state index contributed by atoms with van der Waals surface area (Å²) in [6, 6.07) is 0. The predicted molar refractivity (Wildman–Crippen MR) is 68.0 cm³/mol.